The molecule has 0 atom stereocenters. The zero-order valence-electron chi connectivity index (χ0n) is 11.1. The van der Waals surface area contributed by atoms with Crippen molar-refractivity contribution in [3.8, 4) is 5.75 Å². The van der Waals surface area contributed by atoms with Gasteiger partial charge in [0.1, 0.15) is 0 Å². The average molecular weight is 270 g/mol. The van der Waals surface area contributed by atoms with E-state index < -0.39 is 0 Å². The minimum Gasteiger partial charge on any atom is -0.487 e. The Bertz CT molecular complexity index is 378. The van der Waals surface area contributed by atoms with Gasteiger partial charge in [0.15, 0.2) is 16.6 Å². The highest BCUT2D eigenvalue weighted by atomic mass is 32.1. The van der Waals surface area contributed by atoms with Gasteiger partial charge in [0.25, 0.3) is 0 Å². The summed E-state index contributed by atoms with van der Waals surface area (Å²) in [6.45, 7) is 7.87. The fraction of sp³-hybridized carbons (Fsp3) is 0.750. The van der Waals surface area contributed by atoms with Crippen molar-refractivity contribution in [2.24, 2.45) is 0 Å². The highest BCUT2D eigenvalue weighted by Gasteiger charge is 2.27. The highest BCUT2D eigenvalue weighted by Crippen LogP contribution is 2.35. The lowest BCUT2D eigenvalue weighted by molar-refractivity contribution is 0.288. The van der Waals surface area contributed by atoms with Crippen LogP contribution in [0.1, 0.15) is 26.7 Å². The molecule has 1 aromatic heterocycles. The first kappa shape index (κ1) is 13.4. The Morgan fingerprint density at radius 3 is 2.89 bits per heavy atom. The number of nitrogens with two attached hydrogens (primary N) is 1. The van der Waals surface area contributed by atoms with Gasteiger partial charge in [-0.3, -0.25) is 4.90 Å². The molecule has 0 unspecified atom stereocenters. The lowest BCUT2D eigenvalue weighted by Gasteiger charge is -2.19. The summed E-state index contributed by atoms with van der Waals surface area (Å²) in [5.41, 5.74) is 5.77. The van der Waals surface area contributed by atoms with E-state index in [1.54, 1.807) is 0 Å². The number of ether oxygens (including phenoxy) is 1. The van der Waals surface area contributed by atoms with Crippen LogP contribution < -0.4 is 15.8 Å². The van der Waals surface area contributed by atoms with Crippen molar-refractivity contribution < 1.29 is 4.74 Å². The third-order valence-corrected chi connectivity index (χ3v) is 3.92. The lowest BCUT2D eigenvalue weighted by atomic mass is 10.4. The molecular formula is C12H22N4OS. The number of rotatable bonds is 8. The molecule has 1 fully saturated rings. The Hall–Kier alpha value is -1.01. The van der Waals surface area contributed by atoms with E-state index in [0.717, 1.165) is 30.7 Å². The number of hydrogen-bond donors (Lipinski definition) is 2. The number of hydrogen-bond acceptors (Lipinski definition) is 6. The Kier molecular flexibility index (Phi) is 4.66. The van der Waals surface area contributed by atoms with Gasteiger partial charge in [0, 0.05) is 19.1 Å². The molecule has 0 aliphatic heterocycles. The molecule has 6 heteroatoms. The molecule has 0 saturated heterocycles. The van der Waals surface area contributed by atoms with E-state index in [-0.39, 0.29) is 0 Å². The summed E-state index contributed by atoms with van der Waals surface area (Å²) in [5, 5.41) is 4.32. The van der Waals surface area contributed by atoms with Crippen LogP contribution in [0.25, 0.3) is 0 Å². The van der Waals surface area contributed by atoms with E-state index in [4.69, 9.17) is 10.5 Å². The molecule has 1 heterocycles. The maximum absolute atomic E-state index is 5.77. The zero-order chi connectivity index (χ0) is 13.0. The van der Waals surface area contributed by atoms with Crippen LogP contribution in [0, 0.1) is 0 Å². The van der Waals surface area contributed by atoms with Crippen LogP contribution in [0.3, 0.4) is 0 Å². The van der Waals surface area contributed by atoms with Gasteiger partial charge in [0.05, 0.1) is 6.61 Å². The summed E-state index contributed by atoms with van der Waals surface area (Å²) in [4.78, 5) is 2.51. The van der Waals surface area contributed by atoms with E-state index in [1.165, 1.54) is 24.4 Å². The van der Waals surface area contributed by atoms with Crippen molar-refractivity contribution in [3.63, 3.8) is 0 Å². The third kappa shape index (κ3) is 3.26. The Morgan fingerprint density at radius 1 is 1.50 bits per heavy atom. The highest BCUT2D eigenvalue weighted by molar-refractivity contribution is 7.11. The first-order valence-electron chi connectivity index (χ1n) is 6.62. The molecule has 2 rings (SSSR count). The first-order valence-corrected chi connectivity index (χ1v) is 7.39. The number of nitrogens with zero attached hydrogens (tertiary/aromatic N) is 2. The van der Waals surface area contributed by atoms with Crippen LogP contribution in [0.5, 0.6) is 5.75 Å². The largest absolute Gasteiger partial charge is 0.487 e. The van der Waals surface area contributed by atoms with E-state index in [2.05, 4.69) is 21.5 Å². The molecule has 5 nitrogen and oxygen atoms in total. The standard InChI is InChI=1S/C12H22N4OS/c1-3-16(9-5-6-9)8-7-14-12-10(17-4-2)11(13)15-18-12/h9,14H,3-8H2,1-2H3,(H2,13,15). The molecule has 0 amide bonds. The number of nitrogen functional groups attached to an aromatic ring is 1. The molecule has 102 valence electrons. The summed E-state index contributed by atoms with van der Waals surface area (Å²) in [5.74, 6) is 1.19. The Labute approximate surface area is 112 Å². The second kappa shape index (κ2) is 6.24. The fourth-order valence-corrected chi connectivity index (χ4v) is 2.73. The average Bonchev–Trinajstić information content (AvgIpc) is 3.15. The molecule has 0 bridgehead atoms. The van der Waals surface area contributed by atoms with Crippen molar-refractivity contribution in [2.45, 2.75) is 32.7 Å². The van der Waals surface area contributed by atoms with Crippen LogP contribution >= 0.6 is 11.5 Å². The summed E-state index contributed by atoms with van der Waals surface area (Å²) >= 11 is 1.37. The van der Waals surface area contributed by atoms with Crippen LogP contribution in [-0.2, 0) is 0 Å². The van der Waals surface area contributed by atoms with Crippen molar-refractivity contribution in [2.75, 3.05) is 37.3 Å². The van der Waals surface area contributed by atoms with E-state index >= 15 is 0 Å². The molecule has 1 aromatic rings. The van der Waals surface area contributed by atoms with Crippen molar-refractivity contribution in [1.82, 2.24) is 9.27 Å². The Morgan fingerprint density at radius 2 is 2.28 bits per heavy atom. The van der Waals surface area contributed by atoms with E-state index in [0.29, 0.717) is 18.2 Å². The van der Waals surface area contributed by atoms with Crippen LogP contribution in [-0.4, -0.2) is 41.6 Å². The van der Waals surface area contributed by atoms with Gasteiger partial charge in [-0.15, -0.1) is 0 Å². The molecule has 0 spiro atoms. The third-order valence-electron chi connectivity index (χ3n) is 3.12. The smallest absolute Gasteiger partial charge is 0.197 e. The number of likely N-dealkylation sites (N-methyl/N-ethyl adjacent to an activating group) is 1. The lowest BCUT2D eigenvalue weighted by Crippen LogP contribution is -2.30. The molecule has 0 aromatic carbocycles. The normalized spacial score (nSPS) is 15.1. The van der Waals surface area contributed by atoms with Gasteiger partial charge in [-0.05, 0) is 37.8 Å². The quantitative estimate of drug-likeness (QED) is 0.756. The first-order chi connectivity index (χ1) is 8.76. The second-order valence-corrected chi connectivity index (χ2v) is 5.22. The van der Waals surface area contributed by atoms with Gasteiger partial charge in [-0.1, -0.05) is 6.92 Å². The predicted octanol–water partition coefficient (Wildman–Crippen LogP) is 2.02. The number of aromatic nitrogens is 1. The minimum absolute atomic E-state index is 0.485. The summed E-state index contributed by atoms with van der Waals surface area (Å²) in [6.07, 6.45) is 2.71. The summed E-state index contributed by atoms with van der Waals surface area (Å²) in [7, 11) is 0. The molecule has 18 heavy (non-hydrogen) atoms. The number of nitrogens with one attached hydrogen (secondary N) is 1. The second-order valence-electron chi connectivity index (χ2n) is 4.45. The predicted molar refractivity (Wildman–Crippen MR) is 76.5 cm³/mol. The molecular weight excluding hydrogens is 248 g/mol. The van der Waals surface area contributed by atoms with Gasteiger partial charge in [-0.2, -0.15) is 4.37 Å². The Balaban J connectivity index is 1.82. The van der Waals surface area contributed by atoms with Gasteiger partial charge >= 0.3 is 0 Å². The van der Waals surface area contributed by atoms with E-state index in [9.17, 15) is 0 Å². The molecule has 3 N–H and O–H groups in total. The van der Waals surface area contributed by atoms with Crippen LogP contribution in [0.4, 0.5) is 10.8 Å². The van der Waals surface area contributed by atoms with Gasteiger partial charge in [-0.25, -0.2) is 0 Å². The SMILES string of the molecule is CCOc1c(N)nsc1NCCN(CC)C1CC1. The topological polar surface area (TPSA) is 63.4 Å². The maximum Gasteiger partial charge on any atom is 0.197 e. The van der Waals surface area contributed by atoms with Crippen molar-refractivity contribution in [1.29, 1.82) is 0 Å². The monoisotopic (exact) mass is 270 g/mol. The molecule has 1 aliphatic rings. The molecule has 1 aliphatic carbocycles. The van der Waals surface area contributed by atoms with Gasteiger partial charge < -0.3 is 15.8 Å². The van der Waals surface area contributed by atoms with Crippen molar-refractivity contribution in [3.05, 3.63) is 0 Å². The summed E-state index contributed by atoms with van der Waals surface area (Å²) < 4.78 is 9.62. The van der Waals surface area contributed by atoms with Crippen LogP contribution in [0.2, 0.25) is 0 Å². The van der Waals surface area contributed by atoms with Gasteiger partial charge in [0.2, 0.25) is 0 Å². The summed E-state index contributed by atoms with van der Waals surface area (Å²) in [6, 6.07) is 0.815. The fourth-order valence-electron chi connectivity index (χ4n) is 2.04. The van der Waals surface area contributed by atoms with Crippen molar-refractivity contribution >= 4 is 22.4 Å². The zero-order valence-corrected chi connectivity index (χ0v) is 11.9. The number of anilines is 2. The van der Waals surface area contributed by atoms with E-state index in [1.807, 2.05) is 6.92 Å². The molecule has 0 radical (unpaired) electrons. The minimum atomic E-state index is 0.485. The van der Waals surface area contributed by atoms with Crippen LogP contribution in [0.15, 0.2) is 0 Å². The molecule has 1 saturated carbocycles. The maximum atomic E-state index is 5.77.